The lowest BCUT2D eigenvalue weighted by atomic mass is 9.87. The first-order chi connectivity index (χ1) is 5.61. The fourth-order valence-electron chi connectivity index (χ4n) is 1.86. The van der Waals surface area contributed by atoms with Crippen LogP contribution < -0.4 is 0 Å². The van der Waals surface area contributed by atoms with Crippen molar-refractivity contribution < 1.29 is 4.74 Å². The number of hydrogen-bond donors (Lipinski definition) is 0. The Labute approximate surface area is 76.5 Å². The minimum Gasteiger partial charge on any atom is -0.375 e. The summed E-state index contributed by atoms with van der Waals surface area (Å²) in [4.78, 5) is 0. The summed E-state index contributed by atoms with van der Waals surface area (Å²) in [6.45, 7) is 9.08. The first-order valence-electron chi connectivity index (χ1n) is 5.26. The third-order valence-electron chi connectivity index (χ3n) is 3.14. The van der Waals surface area contributed by atoms with E-state index < -0.39 is 0 Å². The molecule has 12 heavy (non-hydrogen) atoms. The lowest BCUT2D eigenvalue weighted by Crippen LogP contribution is -2.32. The Morgan fingerprint density at radius 1 is 1.17 bits per heavy atom. The molecule has 1 aliphatic heterocycles. The fraction of sp³-hybridized carbons (Fsp3) is 1.00. The Balaban J connectivity index is 2.40. The molecule has 72 valence electrons. The molecule has 0 aliphatic carbocycles. The molecule has 0 bridgehead atoms. The predicted octanol–water partition coefficient (Wildman–Crippen LogP) is 3.24. The van der Waals surface area contributed by atoms with E-state index in [1.807, 2.05) is 0 Å². The summed E-state index contributed by atoms with van der Waals surface area (Å²) >= 11 is 0. The predicted molar refractivity (Wildman–Crippen MR) is 52.2 cm³/mol. The van der Waals surface area contributed by atoms with Gasteiger partial charge in [-0.25, -0.2) is 0 Å². The van der Waals surface area contributed by atoms with Gasteiger partial charge in [0.1, 0.15) is 0 Å². The van der Waals surface area contributed by atoms with Crippen LogP contribution in [0.5, 0.6) is 0 Å². The Morgan fingerprint density at radius 2 is 1.83 bits per heavy atom. The van der Waals surface area contributed by atoms with Crippen LogP contribution in [-0.4, -0.2) is 12.2 Å². The van der Waals surface area contributed by atoms with Gasteiger partial charge in [-0.15, -0.1) is 0 Å². The Bertz CT molecular complexity index is 131. The molecule has 0 aromatic carbocycles. The van der Waals surface area contributed by atoms with Crippen LogP contribution in [0, 0.1) is 11.8 Å². The monoisotopic (exact) mass is 170 g/mol. The van der Waals surface area contributed by atoms with Gasteiger partial charge in [-0.05, 0) is 38.0 Å². The average molecular weight is 170 g/mol. The van der Waals surface area contributed by atoms with Crippen molar-refractivity contribution in [3.8, 4) is 0 Å². The van der Waals surface area contributed by atoms with Gasteiger partial charge >= 0.3 is 0 Å². The van der Waals surface area contributed by atoms with Crippen molar-refractivity contribution >= 4 is 0 Å². The molecule has 1 aliphatic rings. The zero-order valence-corrected chi connectivity index (χ0v) is 8.84. The van der Waals surface area contributed by atoms with Gasteiger partial charge in [0.25, 0.3) is 0 Å². The summed E-state index contributed by atoms with van der Waals surface area (Å²) in [6.07, 6.45) is 4.88. The maximum atomic E-state index is 5.91. The highest BCUT2D eigenvalue weighted by molar-refractivity contribution is 4.74. The van der Waals surface area contributed by atoms with Gasteiger partial charge in [0.2, 0.25) is 0 Å². The zero-order chi connectivity index (χ0) is 9.14. The maximum Gasteiger partial charge on any atom is 0.0606 e. The van der Waals surface area contributed by atoms with Gasteiger partial charge in [-0.3, -0.25) is 0 Å². The second-order valence-electron chi connectivity index (χ2n) is 4.52. The molecule has 1 nitrogen and oxygen atoms in total. The smallest absolute Gasteiger partial charge is 0.0606 e. The van der Waals surface area contributed by atoms with Crippen molar-refractivity contribution in [3.05, 3.63) is 0 Å². The summed E-state index contributed by atoms with van der Waals surface area (Å²) in [6, 6.07) is 0. The Morgan fingerprint density at radius 3 is 2.33 bits per heavy atom. The maximum absolute atomic E-state index is 5.91. The molecular weight excluding hydrogens is 148 g/mol. The van der Waals surface area contributed by atoms with Crippen LogP contribution in [0.4, 0.5) is 0 Å². The van der Waals surface area contributed by atoms with Gasteiger partial charge in [0.15, 0.2) is 0 Å². The molecule has 0 aromatic rings. The van der Waals surface area contributed by atoms with Crippen molar-refractivity contribution in [2.45, 2.75) is 59.2 Å². The molecule has 0 unspecified atom stereocenters. The van der Waals surface area contributed by atoms with Crippen molar-refractivity contribution in [3.63, 3.8) is 0 Å². The molecular formula is C11H22O. The van der Waals surface area contributed by atoms with E-state index in [0.29, 0.717) is 18.1 Å². The largest absolute Gasteiger partial charge is 0.375 e. The molecule has 1 heteroatoms. The van der Waals surface area contributed by atoms with Gasteiger partial charge in [-0.1, -0.05) is 20.8 Å². The van der Waals surface area contributed by atoms with E-state index in [1.54, 1.807) is 0 Å². The molecule has 3 atom stereocenters. The summed E-state index contributed by atoms with van der Waals surface area (Å²) in [7, 11) is 0. The molecule has 0 aromatic heterocycles. The first-order valence-corrected chi connectivity index (χ1v) is 5.26. The van der Waals surface area contributed by atoms with E-state index in [-0.39, 0.29) is 0 Å². The zero-order valence-electron chi connectivity index (χ0n) is 8.84. The SMILES string of the molecule is CC(C)[C@H](C)[C@@H]1CCC[C@H](C)O1. The number of hydrogen-bond acceptors (Lipinski definition) is 1. The van der Waals surface area contributed by atoms with Crippen LogP contribution in [0.2, 0.25) is 0 Å². The third kappa shape index (κ3) is 2.48. The molecule has 1 saturated heterocycles. The molecule has 0 spiro atoms. The molecule has 1 heterocycles. The van der Waals surface area contributed by atoms with Crippen molar-refractivity contribution in [1.29, 1.82) is 0 Å². The summed E-state index contributed by atoms with van der Waals surface area (Å²) in [5.74, 6) is 1.47. The van der Waals surface area contributed by atoms with E-state index in [0.717, 1.165) is 5.92 Å². The highest BCUT2D eigenvalue weighted by atomic mass is 16.5. The molecule has 0 N–H and O–H groups in total. The standard InChI is InChI=1S/C11H22O/c1-8(2)10(4)11-7-5-6-9(3)12-11/h8-11H,5-7H2,1-4H3/t9-,10-,11-/m0/s1. The lowest BCUT2D eigenvalue weighted by molar-refractivity contribution is -0.0738. The van der Waals surface area contributed by atoms with Crippen molar-refractivity contribution in [2.75, 3.05) is 0 Å². The minimum absolute atomic E-state index is 0.491. The molecule has 1 rings (SSSR count). The number of ether oxygens (including phenoxy) is 1. The molecule has 1 fully saturated rings. The quantitative estimate of drug-likeness (QED) is 0.618. The summed E-state index contributed by atoms with van der Waals surface area (Å²) < 4.78 is 5.91. The topological polar surface area (TPSA) is 9.23 Å². The average Bonchev–Trinajstić information content (AvgIpc) is 2.03. The van der Waals surface area contributed by atoms with Crippen LogP contribution in [-0.2, 0) is 4.74 Å². The van der Waals surface area contributed by atoms with E-state index >= 15 is 0 Å². The minimum atomic E-state index is 0.491. The van der Waals surface area contributed by atoms with E-state index in [9.17, 15) is 0 Å². The summed E-state index contributed by atoms with van der Waals surface area (Å²) in [5, 5.41) is 0. The van der Waals surface area contributed by atoms with Gasteiger partial charge in [0.05, 0.1) is 12.2 Å². The fourth-order valence-corrected chi connectivity index (χ4v) is 1.86. The van der Waals surface area contributed by atoms with Crippen LogP contribution >= 0.6 is 0 Å². The third-order valence-corrected chi connectivity index (χ3v) is 3.14. The molecule has 0 saturated carbocycles. The van der Waals surface area contributed by atoms with Crippen LogP contribution in [0.15, 0.2) is 0 Å². The van der Waals surface area contributed by atoms with Crippen molar-refractivity contribution in [2.24, 2.45) is 11.8 Å². The second kappa shape index (κ2) is 4.27. The van der Waals surface area contributed by atoms with Gasteiger partial charge in [-0.2, -0.15) is 0 Å². The molecule has 0 radical (unpaired) electrons. The van der Waals surface area contributed by atoms with E-state index in [4.69, 9.17) is 4.74 Å². The lowest BCUT2D eigenvalue weighted by Gasteiger charge is -2.33. The first kappa shape index (κ1) is 10.0. The van der Waals surface area contributed by atoms with Crippen molar-refractivity contribution in [1.82, 2.24) is 0 Å². The molecule has 0 amide bonds. The van der Waals surface area contributed by atoms with Crippen LogP contribution in [0.3, 0.4) is 0 Å². The van der Waals surface area contributed by atoms with E-state index in [2.05, 4.69) is 27.7 Å². The normalized spacial score (nSPS) is 33.8. The number of rotatable bonds is 2. The highest BCUT2D eigenvalue weighted by Gasteiger charge is 2.25. The van der Waals surface area contributed by atoms with Crippen LogP contribution in [0.1, 0.15) is 47.0 Å². The highest BCUT2D eigenvalue weighted by Crippen LogP contribution is 2.27. The second-order valence-corrected chi connectivity index (χ2v) is 4.52. The summed E-state index contributed by atoms with van der Waals surface area (Å²) in [5.41, 5.74) is 0. The van der Waals surface area contributed by atoms with Gasteiger partial charge < -0.3 is 4.74 Å². The van der Waals surface area contributed by atoms with Gasteiger partial charge in [0, 0.05) is 0 Å². The van der Waals surface area contributed by atoms with E-state index in [1.165, 1.54) is 19.3 Å². The Hall–Kier alpha value is -0.0400. The van der Waals surface area contributed by atoms with Crippen LogP contribution in [0.25, 0.3) is 0 Å². The Kier molecular flexibility index (Phi) is 3.57.